The predicted octanol–water partition coefficient (Wildman–Crippen LogP) is 2.69. The van der Waals surface area contributed by atoms with Crippen LogP contribution in [0.4, 0.5) is 5.69 Å². The van der Waals surface area contributed by atoms with Gasteiger partial charge in [-0.15, -0.1) is 0 Å². The zero-order valence-corrected chi connectivity index (χ0v) is 10.1. The summed E-state index contributed by atoms with van der Waals surface area (Å²) in [6.45, 7) is 5.06. The molecular formula is C14H15N3. The number of nitrogens with zero attached hydrogens (tertiary/aromatic N) is 3. The first kappa shape index (κ1) is 11.5. The van der Waals surface area contributed by atoms with Gasteiger partial charge in [0.25, 0.3) is 0 Å². The molecule has 1 unspecified atom stereocenters. The minimum Gasteiger partial charge on any atom is -0.365 e. The third-order valence-electron chi connectivity index (χ3n) is 3.63. The highest BCUT2D eigenvalue weighted by atomic mass is 15.2. The first-order valence-corrected chi connectivity index (χ1v) is 5.77. The van der Waals surface area contributed by atoms with Crippen molar-refractivity contribution in [2.24, 2.45) is 5.92 Å². The number of benzene rings is 1. The van der Waals surface area contributed by atoms with Crippen LogP contribution in [0, 0.1) is 28.6 Å². The van der Waals surface area contributed by atoms with E-state index in [-0.39, 0.29) is 11.5 Å². The summed E-state index contributed by atoms with van der Waals surface area (Å²) in [5.74, 6) is 0.0493. The zero-order chi connectivity index (χ0) is 12.5. The van der Waals surface area contributed by atoms with Crippen LogP contribution < -0.4 is 4.90 Å². The molecule has 1 aliphatic rings. The van der Waals surface area contributed by atoms with Crippen molar-refractivity contribution >= 4 is 5.69 Å². The maximum atomic E-state index is 9.14. The van der Waals surface area contributed by atoms with Crippen molar-refractivity contribution in [3.63, 3.8) is 0 Å². The lowest BCUT2D eigenvalue weighted by atomic mass is 9.89. The topological polar surface area (TPSA) is 50.8 Å². The Morgan fingerprint density at radius 3 is 2.71 bits per heavy atom. The third kappa shape index (κ3) is 1.85. The second-order valence-corrected chi connectivity index (χ2v) is 4.94. The van der Waals surface area contributed by atoms with E-state index in [1.54, 1.807) is 6.07 Å². The molecule has 0 bridgehead atoms. The molecule has 0 aliphatic carbocycles. The Morgan fingerprint density at radius 1 is 1.35 bits per heavy atom. The van der Waals surface area contributed by atoms with Crippen molar-refractivity contribution in [1.29, 1.82) is 10.5 Å². The first-order valence-electron chi connectivity index (χ1n) is 5.77. The molecule has 1 fully saturated rings. The molecule has 17 heavy (non-hydrogen) atoms. The Labute approximate surface area is 102 Å². The molecule has 1 saturated heterocycles. The van der Waals surface area contributed by atoms with Gasteiger partial charge in [0.15, 0.2) is 0 Å². The smallest absolute Gasteiger partial charge is 0.0992 e. The molecule has 0 amide bonds. The largest absolute Gasteiger partial charge is 0.365 e. The minimum atomic E-state index is -0.164. The van der Waals surface area contributed by atoms with Crippen LogP contribution in [0.25, 0.3) is 0 Å². The lowest BCUT2D eigenvalue weighted by Crippen LogP contribution is -2.42. The van der Waals surface area contributed by atoms with Gasteiger partial charge in [-0.25, -0.2) is 0 Å². The number of anilines is 1. The van der Waals surface area contributed by atoms with Crippen LogP contribution in [0.2, 0.25) is 0 Å². The molecule has 1 atom stereocenters. The van der Waals surface area contributed by atoms with E-state index >= 15 is 0 Å². The van der Waals surface area contributed by atoms with Gasteiger partial charge in [-0.2, -0.15) is 10.5 Å². The molecule has 1 heterocycles. The summed E-state index contributed by atoms with van der Waals surface area (Å²) in [5, 5.41) is 18.1. The Bertz CT molecular complexity index is 505. The van der Waals surface area contributed by atoms with Crippen molar-refractivity contribution in [3.8, 4) is 12.1 Å². The first-order chi connectivity index (χ1) is 8.09. The monoisotopic (exact) mass is 225 g/mol. The lowest BCUT2D eigenvalue weighted by molar-refractivity contribution is 0.439. The Hall–Kier alpha value is -2.00. The van der Waals surface area contributed by atoms with Gasteiger partial charge >= 0.3 is 0 Å². The van der Waals surface area contributed by atoms with Gasteiger partial charge in [0.2, 0.25) is 0 Å². The van der Waals surface area contributed by atoms with E-state index in [0.29, 0.717) is 5.56 Å². The zero-order valence-electron chi connectivity index (χ0n) is 10.1. The molecule has 86 valence electrons. The number of hydrogen-bond acceptors (Lipinski definition) is 3. The van der Waals surface area contributed by atoms with Crippen molar-refractivity contribution in [1.82, 2.24) is 0 Å². The standard InChI is InChI=1S/C14H15N3/c1-14(2)12(10-16)6-7-17(14)13-5-3-4-11(8-13)9-15/h3-5,8,12H,6-7H2,1-2H3. The molecule has 1 aromatic carbocycles. The maximum absolute atomic E-state index is 9.14. The van der Waals surface area contributed by atoms with Crippen LogP contribution >= 0.6 is 0 Å². The highest BCUT2D eigenvalue weighted by molar-refractivity contribution is 5.54. The van der Waals surface area contributed by atoms with E-state index < -0.39 is 0 Å². The average Bonchev–Trinajstić information content (AvgIpc) is 2.64. The van der Waals surface area contributed by atoms with Crippen LogP contribution in [-0.2, 0) is 0 Å². The molecule has 1 aromatic rings. The molecule has 0 spiro atoms. The fourth-order valence-corrected chi connectivity index (χ4v) is 2.52. The van der Waals surface area contributed by atoms with E-state index in [0.717, 1.165) is 18.7 Å². The van der Waals surface area contributed by atoms with Crippen molar-refractivity contribution < 1.29 is 0 Å². The van der Waals surface area contributed by atoms with Crippen LogP contribution in [-0.4, -0.2) is 12.1 Å². The SMILES string of the molecule is CC1(C)C(C#N)CCN1c1cccc(C#N)c1. The normalized spacial score (nSPS) is 21.9. The summed E-state index contributed by atoms with van der Waals surface area (Å²) in [4.78, 5) is 2.22. The van der Waals surface area contributed by atoms with Gasteiger partial charge in [-0.1, -0.05) is 6.07 Å². The molecule has 0 saturated carbocycles. The highest BCUT2D eigenvalue weighted by Crippen LogP contribution is 2.37. The van der Waals surface area contributed by atoms with E-state index in [9.17, 15) is 0 Å². The van der Waals surface area contributed by atoms with Gasteiger partial charge in [-0.05, 0) is 38.5 Å². The molecular weight excluding hydrogens is 210 g/mol. The molecule has 1 aliphatic heterocycles. The van der Waals surface area contributed by atoms with Gasteiger partial charge in [0.05, 0.1) is 29.2 Å². The molecule has 3 nitrogen and oxygen atoms in total. The molecule has 3 heteroatoms. The molecule has 0 N–H and O–H groups in total. The van der Waals surface area contributed by atoms with Crippen molar-refractivity contribution in [3.05, 3.63) is 29.8 Å². The number of hydrogen-bond donors (Lipinski definition) is 0. The minimum absolute atomic E-state index is 0.0493. The molecule has 2 rings (SSSR count). The fraction of sp³-hybridized carbons (Fsp3) is 0.429. The van der Waals surface area contributed by atoms with Crippen LogP contribution in [0.1, 0.15) is 25.8 Å². The summed E-state index contributed by atoms with van der Waals surface area (Å²) >= 11 is 0. The van der Waals surface area contributed by atoms with E-state index in [4.69, 9.17) is 10.5 Å². The fourth-order valence-electron chi connectivity index (χ4n) is 2.52. The summed E-state index contributed by atoms with van der Waals surface area (Å²) < 4.78 is 0. The summed E-state index contributed by atoms with van der Waals surface area (Å²) in [5.41, 5.74) is 1.54. The maximum Gasteiger partial charge on any atom is 0.0992 e. The van der Waals surface area contributed by atoms with Gasteiger partial charge in [0.1, 0.15) is 0 Å². The second-order valence-electron chi connectivity index (χ2n) is 4.94. The van der Waals surface area contributed by atoms with Crippen LogP contribution in [0.15, 0.2) is 24.3 Å². The van der Waals surface area contributed by atoms with Crippen LogP contribution in [0.3, 0.4) is 0 Å². The number of rotatable bonds is 1. The van der Waals surface area contributed by atoms with E-state index in [1.165, 1.54) is 0 Å². The Morgan fingerprint density at radius 2 is 2.12 bits per heavy atom. The van der Waals surface area contributed by atoms with Gasteiger partial charge in [-0.3, -0.25) is 0 Å². The Balaban J connectivity index is 2.36. The summed E-state index contributed by atoms with van der Waals surface area (Å²) in [6.07, 6.45) is 0.889. The molecule has 0 radical (unpaired) electrons. The predicted molar refractivity (Wildman–Crippen MR) is 66.3 cm³/mol. The number of nitriles is 2. The average molecular weight is 225 g/mol. The molecule has 0 aromatic heterocycles. The van der Waals surface area contributed by atoms with E-state index in [1.807, 2.05) is 18.2 Å². The van der Waals surface area contributed by atoms with Crippen molar-refractivity contribution in [2.75, 3.05) is 11.4 Å². The third-order valence-corrected chi connectivity index (χ3v) is 3.63. The Kier molecular flexibility index (Phi) is 2.77. The second kappa shape index (κ2) is 4.11. The summed E-state index contributed by atoms with van der Waals surface area (Å²) in [7, 11) is 0. The van der Waals surface area contributed by atoms with Gasteiger partial charge < -0.3 is 4.90 Å². The van der Waals surface area contributed by atoms with Crippen molar-refractivity contribution in [2.45, 2.75) is 25.8 Å². The highest BCUT2D eigenvalue weighted by Gasteiger charge is 2.41. The summed E-state index contributed by atoms with van der Waals surface area (Å²) in [6, 6.07) is 12.1. The van der Waals surface area contributed by atoms with Crippen LogP contribution in [0.5, 0.6) is 0 Å². The lowest BCUT2D eigenvalue weighted by Gasteiger charge is -2.35. The van der Waals surface area contributed by atoms with Gasteiger partial charge in [0, 0.05) is 12.2 Å². The van der Waals surface area contributed by atoms with E-state index in [2.05, 4.69) is 30.9 Å². The quantitative estimate of drug-likeness (QED) is 0.738.